The van der Waals surface area contributed by atoms with Gasteiger partial charge in [-0.15, -0.1) is 0 Å². The second-order valence-corrected chi connectivity index (χ2v) is 4.31. The first kappa shape index (κ1) is 11.6. The summed E-state index contributed by atoms with van der Waals surface area (Å²) >= 11 is 1.47. The van der Waals surface area contributed by atoms with Crippen LogP contribution in [0, 0.1) is 10.1 Å². The molecule has 6 heteroatoms. The molecule has 0 amide bonds. The molecule has 1 aromatic carbocycles. The van der Waals surface area contributed by atoms with Crippen molar-refractivity contribution >= 4 is 17.0 Å². The first-order chi connectivity index (χ1) is 8.09. The van der Waals surface area contributed by atoms with Crippen LogP contribution in [0.25, 0.3) is 0 Å². The summed E-state index contributed by atoms with van der Waals surface area (Å²) in [6.45, 7) is 0. The van der Waals surface area contributed by atoms with Crippen LogP contribution in [0.2, 0.25) is 0 Å². The number of nitro benzene ring substituents is 1. The highest BCUT2D eigenvalue weighted by molar-refractivity contribution is 7.08. The zero-order valence-corrected chi connectivity index (χ0v) is 9.55. The lowest BCUT2D eigenvalue weighted by molar-refractivity contribution is -0.385. The van der Waals surface area contributed by atoms with Gasteiger partial charge in [0.05, 0.1) is 16.5 Å². The summed E-state index contributed by atoms with van der Waals surface area (Å²) < 4.78 is 0. The summed E-state index contributed by atoms with van der Waals surface area (Å²) in [4.78, 5) is 10.4. The maximum Gasteiger partial charge on any atom is 0.274 e. The Hall–Kier alpha value is -1.92. The number of nitro groups is 1. The lowest BCUT2D eigenvalue weighted by Gasteiger charge is -2.11. The molecule has 0 aliphatic rings. The third kappa shape index (κ3) is 2.27. The van der Waals surface area contributed by atoms with Gasteiger partial charge in [-0.2, -0.15) is 11.3 Å². The van der Waals surface area contributed by atoms with E-state index in [4.69, 9.17) is 5.73 Å². The average molecular weight is 250 g/mol. The molecule has 0 fully saturated rings. The van der Waals surface area contributed by atoms with Crippen molar-refractivity contribution in [1.82, 2.24) is 0 Å². The number of nitrogens with zero attached hydrogens (tertiary/aromatic N) is 1. The molecule has 2 rings (SSSR count). The van der Waals surface area contributed by atoms with E-state index < -0.39 is 11.0 Å². The summed E-state index contributed by atoms with van der Waals surface area (Å²) in [6, 6.07) is 5.08. The van der Waals surface area contributed by atoms with Gasteiger partial charge in [0.15, 0.2) is 0 Å². The minimum Gasteiger partial charge on any atom is -0.508 e. The fourth-order valence-electron chi connectivity index (χ4n) is 1.59. The number of phenolic OH excluding ortho intramolecular Hbond substituents is 1. The quantitative estimate of drug-likeness (QED) is 0.646. The van der Waals surface area contributed by atoms with Gasteiger partial charge in [0.2, 0.25) is 0 Å². The third-order valence-corrected chi connectivity index (χ3v) is 3.15. The summed E-state index contributed by atoms with van der Waals surface area (Å²) in [5.74, 6) is -0.0312. The molecule has 1 heterocycles. The van der Waals surface area contributed by atoms with Gasteiger partial charge in [-0.3, -0.25) is 10.1 Å². The van der Waals surface area contributed by atoms with Crippen molar-refractivity contribution in [3.05, 3.63) is 56.3 Å². The average Bonchev–Trinajstić information content (AvgIpc) is 2.80. The SMILES string of the molecule is N[C@@H](c1ccsc1)c1cc(O)ccc1[N+](=O)[O-]. The van der Waals surface area contributed by atoms with Crippen LogP contribution in [0.5, 0.6) is 5.75 Å². The van der Waals surface area contributed by atoms with Gasteiger partial charge < -0.3 is 10.8 Å². The van der Waals surface area contributed by atoms with Crippen molar-refractivity contribution in [3.8, 4) is 5.75 Å². The second-order valence-electron chi connectivity index (χ2n) is 3.53. The number of benzene rings is 1. The monoisotopic (exact) mass is 250 g/mol. The van der Waals surface area contributed by atoms with Gasteiger partial charge in [-0.1, -0.05) is 0 Å². The molecule has 2 aromatic rings. The molecular weight excluding hydrogens is 240 g/mol. The fourth-order valence-corrected chi connectivity index (χ4v) is 2.29. The first-order valence-electron chi connectivity index (χ1n) is 4.84. The predicted molar refractivity (Wildman–Crippen MR) is 65.1 cm³/mol. The lowest BCUT2D eigenvalue weighted by Crippen LogP contribution is -2.12. The molecule has 5 nitrogen and oxygen atoms in total. The Kier molecular flexibility index (Phi) is 3.08. The highest BCUT2D eigenvalue weighted by Gasteiger charge is 2.21. The molecule has 88 valence electrons. The maximum absolute atomic E-state index is 10.9. The molecule has 0 radical (unpaired) electrons. The van der Waals surface area contributed by atoms with Crippen LogP contribution in [0.3, 0.4) is 0 Å². The van der Waals surface area contributed by atoms with Crippen molar-refractivity contribution in [2.24, 2.45) is 5.73 Å². The van der Waals surface area contributed by atoms with Gasteiger partial charge in [-0.25, -0.2) is 0 Å². The molecule has 0 spiro atoms. The van der Waals surface area contributed by atoms with Gasteiger partial charge in [0, 0.05) is 6.07 Å². The molecule has 0 bridgehead atoms. The Morgan fingerprint density at radius 2 is 2.18 bits per heavy atom. The van der Waals surface area contributed by atoms with Crippen molar-refractivity contribution in [3.63, 3.8) is 0 Å². The van der Waals surface area contributed by atoms with Crippen molar-refractivity contribution in [2.75, 3.05) is 0 Å². The lowest BCUT2D eigenvalue weighted by atomic mass is 10.0. The van der Waals surface area contributed by atoms with E-state index in [1.165, 1.54) is 29.5 Å². The zero-order chi connectivity index (χ0) is 12.4. The Bertz CT molecular complexity index is 540. The number of hydrogen-bond acceptors (Lipinski definition) is 5. The zero-order valence-electron chi connectivity index (χ0n) is 8.74. The molecule has 1 aromatic heterocycles. The normalized spacial score (nSPS) is 12.3. The fraction of sp³-hybridized carbons (Fsp3) is 0.0909. The summed E-state index contributed by atoms with van der Waals surface area (Å²) in [5, 5.41) is 24.0. The highest BCUT2D eigenvalue weighted by Crippen LogP contribution is 2.31. The van der Waals surface area contributed by atoms with Crippen LogP contribution in [-0.2, 0) is 0 Å². The number of hydrogen-bond donors (Lipinski definition) is 2. The predicted octanol–water partition coefficient (Wildman–Crippen LogP) is 2.41. The number of phenols is 1. The van der Waals surface area contributed by atoms with Gasteiger partial charge >= 0.3 is 0 Å². The van der Waals surface area contributed by atoms with Gasteiger partial charge in [0.1, 0.15) is 5.75 Å². The molecular formula is C11H10N2O3S. The van der Waals surface area contributed by atoms with E-state index in [2.05, 4.69) is 0 Å². The van der Waals surface area contributed by atoms with Crippen LogP contribution in [0.15, 0.2) is 35.0 Å². The van der Waals surface area contributed by atoms with Crippen molar-refractivity contribution in [1.29, 1.82) is 0 Å². The summed E-state index contributed by atoms with van der Waals surface area (Å²) in [6.07, 6.45) is 0. The molecule has 0 saturated carbocycles. The maximum atomic E-state index is 10.9. The Labute approximate surface area is 101 Å². The molecule has 0 aliphatic carbocycles. The molecule has 0 aliphatic heterocycles. The Balaban J connectivity index is 2.50. The minimum atomic E-state index is -0.603. The van der Waals surface area contributed by atoms with Crippen LogP contribution in [0.1, 0.15) is 17.2 Å². The standard InChI is InChI=1S/C11H10N2O3S/c12-11(7-3-4-17-6-7)9-5-8(14)1-2-10(9)13(15)16/h1-6,11,14H,12H2/t11-/m0/s1. The van der Waals surface area contributed by atoms with E-state index in [0.29, 0.717) is 5.56 Å². The van der Waals surface area contributed by atoms with E-state index >= 15 is 0 Å². The molecule has 0 unspecified atom stereocenters. The number of aromatic hydroxyl groups is 1. The largest absolute Gasteiger partial charge is 0.508 e. The third-order valence-electron chi connectivity index (χ3n) is 2.45. The molecule has 3 N–H and O–H groups in total. The summed E-state index contributed by atoms with van der Waals surface area (Å²) in [7, 11) is 0. The van der Waals surface area contributed by atoms with Crippen molar-refractivity contribution in [2.45, 2.75) is 6.04 Å². The topological polar surface area (TPSA) is 89.4 Å². The molecule has 1 atom stereocenters. The van der Waals surface area contributed by atoms with E-state index in [0.717, 1.165) is 5.56 Å². The number of rotatable bonds is 3. The molecule has 17 heavy (non-hydrogen) atoms. The van der Waals surface area contributed by atoms with E-state index in [9.17, 15) is 15.2 Å². The van der Waals surface area contributed by atoms with Crippen LogP contribution >= 0.6 is 11.3 Å². The first-order valence-corrected chi connectivity index (χ1v) is 5.79. The number of nitrogens with two attached hydrogens (primary N) is 1. The van der Waals surface area contributed by atoms with E-state index in [1.54, 1.807) is 0 Å². The Morgan fingerprint density at radius 1 is 1.41 bits per heavy atom. The van der Waals surface area contributed by atoms with Gasteiger partial charge in [0.25, 0.3) is 5.69 Å². The molecule has 0 saturated heterocycles. The van der Waals surface area contributed by atoms with Crippen LogP contribution in [-0.4, -0.2) is 10.0 Å². The van der Waals surface area contributed by atoms with Crippen LogP contribution in [0.4, 0.5) is 5.69 Å². The highest BCUT2D eigenvalue weighted by atomic mass is 32.1. The number of thiophene rings is 1. The minimum absolute atomic E-state index is 0.0312. The second kappa shape index (κ2) is 4.52. The van der Waals surface area contributed by atoms with Gasteiger partial charge in [-0.05, 0) is 34.5 Å². The Morgan fingerprint density at radius 3 is 2.76 bits per heavy atom. The van der Waals surface area contributed by atoms with Crippen LogP contribution < -0.4 is 5.73 Å². The van der Waals surface area contributed by atoms with E-state index in [1.807, 2.05) is 16.8 Å². The summed E-state index contributed by atoms with van der Waals surface area (Å²) in [5.41, 5.74) is 6.99. The smallest absolute Gasteiger partial charge is 0.274 e. The van der Waals surface area contributed by atoms with E-state index in [-0.39, 0.29) is 11.4 Å². The van der Waals surface area contributed by atoms with Crippen molar-refractivity contribution < 1.29 is 10.0 Å².